The van der Waals surface area contributed by atoms with Crippen LogP contribution in [0.25, 0.3) is 0 Å². The lowest BCUT2D eigenvalue weighted by molar-refractivity contribution is 0.180. The maximum atomic E-state index is 5.05. The highest BCUT2D eigenvalue weighted by atomic mass is 16.5. The van der Waals surface area contributed by atoms with E-state index in [1.807, 2.05) is 72.8 Å². The van der Waals surface area contributed by atoms with Crippen LogP contribution in [0.2, 0.25) is 0 Å². The van der Waals surface area contributed by atoms with Crippen molar-refractivity contribution in [2.24, 2.45) is 4.99 Å². The molecule has 0 bridgehead atoms. The van der Waals surface area contributed by atoms with E-state index in [0.29, 0.717) is 12.4 Å². The minimum absolute atomic E-state index is 0.446. The third kappa shape index (κ3) is 3.87. The van der Waals surface area contributed by atoms with Gasteiger partial charge in [0.15, 0.2) is 5.82 Å². The topological polar surface area (TPSA) is 47.4 Å². The molecule has 0 fully saturated rings. The summed E-state index contributed by atoms with van der Waals surface area (Å²) in [4.78, 5) is 4.70. The molecule has 1 heterocycles. The molecule has 0 aliphatic carbocycles. The molecule has 0 amide bonds. The van der Waals surface area contributed by atoms with Crippen molar-refractivity contribution in [1.82, 2.24) is 10.2 Å². The highest BCUT2D eigenvalue weighted by molar-refractivity contribution is 6.13. The number of hydrogen-bond donors (Lipinski definition) is 0. The molecule has 3 rings (SSSR count). The molecule has 0 aliphatic rings. The molecule has 0 radical (unpaired) electrons. The normalized spacial score (nSPS) is 10.3. The van der Waals surface area contributed by atoms with E-state index in [0.717, 1.165) is 22.5 Å². The van der Waals surface area contributed by atoms with Crippen LogP contribution in [-0.4, -0.2) is 23.0 Å². The van der Waals surface area contributed by atoms with Crippen LogP contribution in [0, 0.1) is 0 Å². The molecular weight excluding hydrogens is 286 g/mol. The Labute approximate surface area is 135 Å². The summed E-state index contributed by atoms with van der Waals surface area (Å²) in [6.45, 7) is 0.446. The van der Waals surface area contributed by atoms with Gasteiger partial charge in [-0.05, 0) is 12.1 Å². The molecule has 0 N–H and O–H groups in total. The maximum absolute atomic E-state index is 5.05. The summed E-state index contributed by atoms with van der Waals surface area (Å²) in [5.74, 6) is 0.576. The van der Waals surface area contributed by atoms with Gasteiger partial charge in [-0.15, -0.1) is 5.10 Å². The molecule has 0 unspecified atom stereocenters. The lowest BCUT2D eigenvalue weighted by Crippen LogP contribution is -2.03. The second-order valence-corrected chi connectivity index (χ2v) is 5.01. The molecule has 3 aromatic rings. The number of aromatic nitrogens is 2. The maximum Gasteiger partial charge on any atom is 0.175 e. The van der Waals surface area contributed by atoms with Gasteiger partial charge in [-0.2, -0.15) is 5.10 Å². The Morgan fingerprint density at radius 2 is 1.43 bits per heavy atom. The fraction of sp³-hybridized carbons (Fsp3) is 0.105. The minimum Gasteiger partial charge on any atom is -0.378 e. The first-order chi connectivity index (χ1) is 11.4. The first-order valence-electron chi connectivity index (χ1n) is 7.38. The van der Waals surface area contributed by atoms with Crippen LogP contribution in [0.15, 0.2) is 77.8 Å². The highest BCUT2D eigenvalue weighted by Gasteiger charge is 2.07. The van der Waals surface area contributed by atoms with Gasteiger partial charge in [-0.3, -0.25) is 0 Å². The Morgan fingerprint density at radius 3 is 1.91 bits per heavy atom. The molecule has 2 aromatic carbocycles. The Balaban J connectivity index is 2.01. The highest BCUT2D eigenvalue weighted by Crippen LogP contribution is 2.16. The Kier molecular flexibility index (Phi) is 4.86. The number of aliphatic imine (C=N–C) groups is 1. The van der Waals surface area contributed by atoms with E-state index in [9.17, 15) is 0 Å². The van der Waals surface area contributed by atoms with Crippen molar-refractivity contribution in [3.05, 3.63) is 89.6 Å². The van der Waals surface area contributed by atoms with Crippen molar-refractivity contribution in [2.75, 3.05) is 7.11 Å². The van der Waals surface area contributed by atoms with E-state index in [4.69, 9.17) is 9.73 Å². The first kappa shape index (κ1) is 15.1. The second kappa shape index (κ2) is 7.42. The van der Waals surface area contributed by atoms with Crippen LogP contribution < -0.4 is 0 Å². The van der Waals surface area contributed by atoms with Crippen LogP contribution in [0.3, 0.4) is 0 Å². The van der Waals surface area contributed by atoms with E-state index >= 15 is 0 Å². The summed E-state index contributed by atoms with van der Waals surface area (Å²) >= 11 is 0. The van der Waals surface area contributed by atoms with E-state index in [2.05, 4.69) is 10.2 Å². The van der Waals surface area contributed by atoms with Crippen molar-refractivity contribution < 1.29 is 4.74 Å². The number of hydrogen-bond acceptors (Lipinski definition) is 4. The van der Waals surface area contributed by atoms with Gasteiger partial charge >= 0.3 is 0 Å². The lowest BCUT2D eigenvalue weighted by Gasteiger charge is -2.07. The van der Waals surface area contributed by atoms with Gasteiger partial charge in [-0.25, -0.2) is 4.99 Å². The van der Waals surface area contributed by atoms with Crippen LogP contribution in [0.1, 0.15) is 16.8 Å². The van der Waals surface area contributed by atoms with Crippen LogP contribution in [0.4, 0.5) is 5.82 Å². The molecule has 114 valence electrons. The fourth-order valence-electron chi connectivity index (χ4n) is 2.24. The third-order valence-electron chi connectivity index (χ3n) is 3.32. The summed E-state index contributed by atoms with van der Waals surface area (Å²) in [7, 11) is 1.64. The standard InChI is InChI=1S/C19H17N3O/c1-23-14-17-12-13-18(22-21-17)20-19(15-8-4-2-5-9-15)16-10-6-3-7-11-16/h2-13H,14H2,1H3. The van der Waals surface area contributed by atoms with Gasteiger partial charge in [0.05, 0.1) is 18.0 Å². The lowest BCUT2D eigenvalue weighted by atomic mass is 10.0. The van der Waals surface area contributed by atoms with Gasteiger partial charge in [0.25, 0.3) is 0 Å². The third-order valence-corrected chi connectivity index (χ3v) is 3.32. The molecule has 0 aliphatic heterocycles. The molecule has 1 aromatic heterocycles. The summed E-state index contributed by atoms with van der Waals surface area (Å²) in [6.07, 6.45) is 0. The predicted octanol–water partition coefficient (Wildman–Crippen LogP) is 3.79. The predicted molar refractivity (Wildman–Crippen MR) is 90.9 cm³/mol. The van der Waals surface area contributed by atoms with Gasteiger partial charge in [0, 0.05) is 18.2 Å². The van der Waals surface area contributed by atoms with Crippen LogP contribution in [0.5, 0.6) is 0 Å². The van der Waals surface area contributed by atoms with Crippen molar-refractivity contribution in [2.45, 2.75) is 6.61 Å². The number of nitrogens with zero attached hydrogens (tertiary/aromatic N) is 3. The Bertz CT molecular complexity index is 727. The average molecular weight is 303 g/mol. The van der Waals surface area contributed by atoms with Gasteiger partial charge < -0.3 is 4.74 Å². The largest absolute Gasteiger partial charge is 0.378 e. The molecule has 0 spiro atoms. The van der Waals surface area contributed by atoms with Crippen molar-refractivity contribution in [1.29, 1.82) is 0 Å². The smallest absolute Gasteiger partial charge is 0.175 e. The summed E-state index contributed by atoms with van der Waals surface area (Å²) in [5, 5.41) is 8.30. The number of methoxy groups -OCH3 is 1. The van der Waals surface area contributed by atoms with E-state index in [-0.39, 0.29) is 0 Å². The second-order valence-electron chi connectivity index (χ2n) is 5.01. The number of rotatable bonds is 5. The van der Waals surface area contributed by atoms with Crippen molar-refractivity contribution in [3.8, 4) is 0 Å². The zero-order valence-corrected chi connectivity index (χ0v) is 12.9. The van der Waals surface area contributed by atoms with Gasteiger partial charge in [0.2, 0.25) is 0 Å². The molecule has 0 saturated heterocycles. The molecule has 4 nitrogen and oxygen atoms in total. The van der Waals surface area contributed by atoms with E-state index < -0.39 is 0 Å². The summed E-state index contributed by atoms with van der Waals surface area (Å²) in [5.41, 5.74) is 3.75. The van der Waals surface area contributed by atoms with Gasteiger partial charge in [-0.1, -0.05) is 60.7 Å². The van der Waals surface area contributed by atoms with Crippen molar-refractivity contribution >= 4 is 11.5 Å². The van der Waals surface area contributed by atoms with Crippen molar-refractivity contribution in [3.63, 3.8) is 0 Å². The molecule has 4 heteroatoms. The van der Waals surface area contributed by atoms with Gasteiger partial charge in [0.1, 0.15) is 0 Å². The minimum atomic E-state index is 0.446. The first-order valence-corrected chi connectivity index (χ1v) is 7.38. The SMILES string of the molecule is COCc1ccc(N=C(c2ccccc2)c2ccccc2)nn1. The fourth-order valence-corrected chi connectivity index (χ4v) is 2.24. The quantitative estimate of drug-likeness (QED) is 0.674. The Hall–Kier alpha value is -2.85. The van der Waals surface area contributed by atoms with E-state index in [1.165, 1.54) is 0 Å². The zero-order chi connectivity index (χ0) is 15.9. The average Bonchev–Trinajstić information content (AvgIpc) is 2.63. The molecule has 0 atom stereocenters. The summed E-state index contributed by atoms with van der Waals surface area (Å²) in [6, 6.07) is 23.9. The van der Waals surface area contributed by atoms with Crippen LogP contribution in [-0.2, 0) is 11.3 Å². The number of ether oxygens (including phenoxy) is 1. The summed E-state index contributed by atoms with van der Waals surface area (Å²) < 4.78 is 5.05. The Morgan fingerprint density at radius 1 is 0.826 bits per heavy atom. The zero-order valence-electron chi connectivity index (χ0n) is 12.9. The molecule has 23 heavy (non-hydrogen) atoms. The monoisotopic (exact) mass is 303 g/mol. The molecular formula is C19H17N3O. The number of benzene rings is 2. The molecule has 0 saturated carbocycles. The van der Waals surface area contributed by atoms with Crippen LogP contribution >= 0.6 is 0 Å². The van der Waals surface area contributed by atoms with E-state index in [1.54, 1.807) is 7.11 Å².